The third-order valence-corrected chi connectivity index (χ3v) is 0.965. The summed E-state index contributed by atoms with van der Waals surface area (Å²) in [6, 6.07) is 0.324. The largest absolute Gasteiger partial charge is 0.380 e. The van der Waals surface area contributed by atoms with E-state index in [1.165, 1.54) is 0 Å². The molecule has 0 radical (unpaired) electrons. The van der Waals surface area contributed by atoms with Crippen LogP contribution in [0.15, 0.2) is 0 Å². The first kappa shape index (κ1) is 7.21. The smallest absolute Gasteiger partial charge is 0.0618 e. The Kier molecular flexibility index (Phi) is 3.34. The Bertz CT molecular complexity index is 45.0. The van der Waals surface area contributed by atoms with Crippen molar-refractivity contribution in [1.82, 2.24) is 0 Å². The van der Waals surface area contributed by atoms with E-state index in [2.05, 4.69) is 0 Å². The average Bonchev–Trinajstić information content (AvgIpc) is 1.86. The molecule has 1 saturated heterocycles. The summed E-state index contributed by atoms with van der Waals surface area (Å²) < 4.78 is 4.93. The lowest BCUT2D eigenvalue weighted by atomic mass is 10.3. The molecule has 1 atom stereocenters. The van der Waals surface area contributed by atoms with Gasteiger partial charge in [-0.1, -0.05) is 0 Å². The van der Waals surface area contributed by atoms with Crippen molar-refractivity contribution in [2.75, 3.05) is 13.2 Å². The second-order valence-corrected chi connectivity index (χ2v) is 1.62. The Labute approximate surface area is 49.4 Å². The first-order valence-electron chi connectivity index (χ1n) is 2.23. The van der Waals surface area contributed by atoms with E-state index < -0.39 is 0 Å². The fourth-order valence-corrected chi connectivity index (χ4v) is 0.553. The lowest BCUT2D eigenvalue weighted by molar-refractivity contribution is 0.194. The standard InChI is InChI=1S/C4H9NO.ClH/c5-4-1-2-6-3-4;/h4H,1-3,5H2;1H/t4-;/m1./s1. The molecule has 7 heavy (non-hydrogen) atoms. The van der Waals surface area contributed by atoms with Crippen LogP contribution in [0.3, 0.4) is 0 Å². The van der Waals surface area contributed by atoms with E-state index in [0.717, 1.165) is 19.6 Å². The topological polar surface area (TPSA) is 35.2 Å². The molecule has 3 heteroatoms. The summed E-state index contributed by atoms with van der Waals surface area (Å²) in [4.78, 5) is 0. The molecule has 1 fully saturated rings. The summed E-state index contributed by atoms with van der Waals surface area (Å²) in [5, 5.41) is 0. The molecule has 1 aliphatic rings. The number of halogens is 1. The maximum atomic E-state index is 5.41. The monoisotopic (exact) mass is 123 g/mol. The Morgan fingerprint density at radius 2 is 2.29 bits per heavy atom. The van der Waals surface area contributed by atoms with Gasteiger partial charge in [0.05, 0.1) is 6.61 Å². The molecule has 0 aromatic heterocycles. The second kappa shape index (κ2) is 3.24. The number of rotatable bonds is 0. The van der Waals surface area contributed by atoms with Crippen molar-refractivity contribution in [3.8, 4) is 0 Å². The number of hydrogen-bond acceptors (Lipinski definition) is 2. The fraction of sp³-hybridized carbons (Fsp3) is 1.00. The molecule has 0 aromatic rings. The lowest BCUT2D eigenvalue weighted by Crippen LogP contribution is -2.18. The van der Waals surface area contributed by atoms with E-state index in [-0.39, 0.29) is 12.4 Å². The van der Waals surface area contributed by atoms with Crippen LogP contribution >= 0.6 is 12.4 Å². The minimum Gasteiger partial charge on any atom is -0.380 e. The van der Waals surface area contributed by atoms with E-state index in [4.69, 9.17) is 10.5 Å². The predicted octanol–water partition coefficient (Wildman–Crippen LogP) is 0.156. The molecule has 1 heterocycles. The molecule has 1 rings (SSSR count). The zero-order valence-electron chi connectivity index (χ0n) is 4.09. The molecular weight excluding hydrogens is 114 g/mol. The summed E-state index contributed by atoms with van der Waals surface area (Å²) in [5.41, 5.74) is 5.41. The first-order chi connectivity index (χ1) is 2.89. The van der Waals surface area contributed by atoms with Gasteiger partial charge in [0.2, 0.25) is 0 Å². The van der Waals surface area contributed by atoms with Crippen molar-refractivity contribution in [3.05, 3.63) is 0 Å². The van der Waals surface area contributed by atoms with E-state index in [1.54, 1.807) is 0 Å². The van der Waals surface area contributed by atoms with Gasteiger partial charge in [0.15, 0.2) is 0 Å². The van der Waals surface area contributed by atoms with Gasteiger partial charge in [0.25, 0.3) is 0 Å². The minimum absolute atomic E-state index is 0. The van der Waals surface area contributed by atoms with Crippen LogP contribution in [0.5, 0.6) is 0 Å². The van der Waals surface area contributed by atoms with E-state index >= 15 is 0 Å². The molecule has 0 saturated carbocycles. The van der Waals surface area contributed by atoms with E-state index in [0.29, 0.717) is 6.04 Å². The third-order valence-electron chi connectivity index (χ3n) is 0.965. The first-order valence-corrected chi connectivity index (χ1v) is 2.23. The lowest BCUT2D eigenvalue weighted by Gasteiger charge is -1.90. The Hall–Kier alpha value is 0.210. The van der Waals surface area contributed by atoms with Gasteiger partial charge in [-0.25, -0.2) is 0 Å². The highest BCUT2D eigenvalue weighted by Crippen LogP contribution is 1.98. The summed E-state index contributed by atoms with van der Waals surface area (Å²) in [6.07, 6.45) is 1.04. The molecule has 44 valence electrons. The van der Waals surface area contributed by atoms with Crippen LogP contribution in [0.1, 0.15) is 6.42 Å². The molecule has 0 amide bonds. The quantitative estimate of drug-likeness (QED) is 0.498. The Morgan fingerprint density at radius 3 is 2.43 bits per heavy atom. The third kappa shape index (κ3) is 2.12. The van der Waals surface area contributed by atoms with Gasteiger partial charge in [-0.2, -0.15) is 0 Å². The Morgan fingerprint density at radius 1 is 1.57 bits per heavy atom. The van der Waals surface area contributed by atoms with Crippen molar-refractivity contribution in [2.24, 2.45) is 5.73 Å². The predicted molar refractivity (Wildman–Crippen MR) is 30.7 cm³/mol. The summed E-state index contributed by atoms with van der Waals surface area (Å²) in [5.74, 6) is 0. The highest BCUT2D eigenvalue weighted by atomic mass is 35.5. The summed E-state index contributed by atoms with van der Waals surface area (Å²) >= 11 is 0. The molecule has 2 N–H and O–H groups in total. The van der Waals surface area contributed by atoms with Crippen LogP contribution < -0.4 is 5.73 Å². The molecule has 0 aromatic carbocycles. The summed E-state index contributed by atoms with van der Waals surface area (Å²) in [6.45, 7) is 1.63. The molecule has 0 unspecified atom stereocenters. The highest BCUT2D eigenvalue weighted by Gasteiger charge is 2.07. The van der Waals surface area contributed by atoms with E-state index in [9.17, 15) is 0 Å². The molecule has 0 aliphatic carbocycles. The van der Waals surface area contributed by atoms with Gasteiger partial charge >= 0.3 is 0 Å². The number of hydrogen-bond donors (Lipinski definition) is 1. The van der Waals surface area contributed by atoms with E-state index in [1.807, 2.05) is 0 Å². The number of ether oxygens (including phenoxy) is 1. The Balaban J connectivity index is 0.000000360. The van der Waals surface area contributed by atoms with Crippen LogP contribution in [0.4, 0.5) is 0 Å². The maximum absolute atomic E-state index is 5.41. The molecule has 2 nitrogen and oxygen atoms in total. The van der Waals surface area contributed by atoms with Crippen molar-refractivity contribution in [1.29, 1.82) is 0 Å². The molecule has 1 aliphatic heterocycles. The van der Waals surface area contributed by atoms with Gasteiger partial charge in [-0.15, -0.1) is 12.4 Å². The highest BCUT2D eigenvalue weighted by molar-refractivity contribution is 5.85. The van der Waals surface area contributed by atoms with Crippen LogP contribution in [-0.2, 0) is 4.74 Å². The zero-order chi connectivity index (χ0) is 4.41. The normalized spacial score (nSPS) is 29.6. The van der Waals surface area contributed by atoms with Crippen LogP contribution in [0.25, 0.3) is 0 Å². The van der Waals surface area contributed by atoms with Crippen LogP contribution in [-0.4, -0.2) is 19.3 Å². The second-order valence-electron chi connectivity index (χ2n) is 1.62. The SMILES string of the molecule is Cl.N[C@@H]1CCOC1. The van der Waals surface area contributed by atoms with Gasteiger partial charge < -0.3 is 10.5 Å². The fourth-order valence-electron chi connectivity index (χ4n) is 0.553. The average molecular weight is 124 g/mol. The van der Waals surface area contributed by atoms with Crippen molar-refractivity contribution in [2.45, 2.75) is 12.5 Å². The van der Waals surface area contributed by atoms with Crippen LogP contribution in [0.2, 0.25) is 0 Å². The molecular formula is C4H10ClNO. The molecule has 0 spiro atoms. The number of nitrogens with two attached hydrogens (primary N) is 1. The van der Waals surface area contributed by atoms with Crippen molar-refractivity contribution in [3.63, 3.8) is 0 Å². The van der Waals surface area contributed by atoms with Gasteiger partial charge in [0.1, 0.15) is 0 Å². The van der Waals surface area contributed by atoms with Gasteiger partial charge in [-0.05, 0) is 6.42 Å². The minimum atomic E-state index is 0. The maximum Gasteiger partial charge on any atom is 0.0618 e. The van der Waals surface area contributed by atoms with Crippen molar-refractivity contribution >= 4 is 12.4 Å². The molecule has 0 bridgehead atoms. The van der Waals surface area contributed by atoms with Crippen LogP contribution in [0, 0.1) is 0 Å². The zero-order valence-corrected chi connectivity index (χ0v) is 4.91. The van der Waals surface area contributed by atoms with Crippen molar-refractivity contribution < 1.29 is 4.74 Å². The van der Waals surface area contributed by atoms with Gasteiger partial charge in [-0.3, -0.25) is 0 Å². The van der Waals surface area contributed by atoms with Gasteiger partial charge in [0, 0.05) is 12.6 Å². The summed E-state index contributed by atoms with van der Waals surface area (Å²) in [7, 11) is 0.